The Labute approximate surface area is 109 Å². The van der Waals surface area contributed by atoms with Crippen molar-refractivity contribution in [3.05, 3.63) is 53.1 Å². The number of nitrogens with one attached hydrogen (secondary N) is 1. The first-order chi connectivity index (χ1) is 9.13. The van der Waals surface area contributed by atoms with Gasteiger partial charge in [0.1, 0.15) is 17.3 Å². The Morgan fingerprint density at radius 3 is 2.84 bits per heavy atom. The predicted molar refractivity (Wildman–Crippen MR) is 69.3 cm³/mol. The third-order valence-corrected chi connectivity index (χ3v) is 3.09. The fraction of sp³-hybridized carbons (Fsp3) is 0.154. The third-order valence-electron chi connectivity index (χ3n) is 3.09. The van der Waals surface area contributed by atoms with E-state index in [4.69, 9.17) is 11.1 Å². The Hall–Kier alpha value is -2.50. The number of benzene rings is 1. The van der Waals surface area contributed by atoms with Gasteiger partial charge in [-0.3, -0.25) is 5.41 Å². The average molecular weight is 257 g/mol. The minimum Gasteiger partial charge on any atom is -0.382 e. The van der Waals surface area contributed by atoms with Crippen LogP contribution in [0.4, 0.5) is 10.3 Å². The highest BCUT2D eigenvalue weighted by molar-refractivity contribution is 5.93. The highest BCUT2D eigenvalue weighted by Gasteiger charge is 2.21. The molecule has 0 bridgehead atoms. The van der Waals surface area contributed by atoms with Gasteiger partial charge in [0.25, 0.3) is 0 Å². The molecule has 0 fully saturated rings. The molecule has 3 rings (SSSR count). The molecule has 1 aliphatic rings. The van der Waals surface area contributed by atoms with Crippen LogP contribution >= 0.6 is 0 Å². The maximum Gasteiger partial charge on any atom is 0.226 e. The van der Waals surface area contributed by atoms with Crippen molar-refractivity contribution in [2.75, 3.05) is 4.90 Å². The van der Waals surface area contributed by atoms with E-state index in [1.807, 2.05) is 4.90 Å². The van der Waals surface area contributed by atoms with Gasteiger partial charge < -0.3 is 10.6 Å². The molecule has 2 heterocycles. The van der Waals surface area contributed by atoms with Gasteiger partial charge in [-0.15, -0.1) is 0 Å². The van der Waals surface area contributed by atoms with Crippen molar-refractivity contribution in [1.82, 2.24) is 9.97 Å². The maximum absolute atomic E-state index is 13.2. The number of nitrogen functional groups attached to an aromatic ring is 1. The van der Waals surface area contributed by atoms with Crippen molar-refractivity contribution < 1.29 is 4.39 Å². The van der Waals surface area contributed by atoms with Gasteiger partial charge in [-0.05, 0) is 29.3 Å². The maximum atomic E-state index is 13.2. The summed E-state index contributed by atoms with van der Waals surface area (Å²) in [6.07, 6.45) is 1.57. The molecule has 6 heteroatoms. The molecular weight excluding hydrogens is 245 g/mol. The molecule has 1 aliphatic heterocycles. The van der Waals surface area contributed by atoms with Crippen LogP contribution in [0.25, 0.3) is 0 Å². The van der Waals surface area contributed by atoms with Crippen LogP contribution in [0.15, 0.2) is 30.5 Å². The first-order valence-corrected chi connectivity index (χ1v) is 5.83. The van der Waals surface area contributed by atoms with E-state index in [2.05, 4.69) is 9.97 Å². The lowest BCUT2D eigenvalue weighted by Crippen LogP contribution is -2.20. The minimum absolute atomic E-state index is 0.0913. The Morgan fingerprint density at radius 2 is 2.05 bits per heavy atom. The molecule has 0 atom stereocenters. The predicted octanol–water partition coefficient (Wildman–Crippen LogP) is 1.42. The van der Waals surface area contributed by atoms with Crippen LogP contribution in [0.2, 0.25) is 0 Å². The zero-order valence-corrected chi connectivity index (χ0v) is 10.1. The first kappa shape index (κ1) is 11.6. The number of hydrogen-bond acceptors (Lipinski definition) is 4. The average Bonchev–Trinajstić information content (AvgIpc) is 2.81. The Kier molecular flexibility index (Phi) is 2.63. The number of aromatic nitrogens is 2. The monoisotopic (exact) mass is 257 g/mol. The summed E-state index contributed by atoms with van der Waals surface area (Å²) >= 11 is 0. The SMILES string of the molecule is N=C(N)c1ccnc(N2Cc3ccc(F)cc3C2)n1. The number of rotatable bonds is 2. The fourth-order valence-electron chi connectivity index (χ4n) is 2.16. The van der Waals surface area contributed by atoms with E-state index in [1.54, 1.807) is 18.3 Å². The summed E-state index contributed by atoms with van der Waals surface area (Å²) in [7, 11) is 0. The lowest BCUT2D eigenvalue weighted by molar-refractivity contribution is 0.626. The summed E-state index contributed by atoms with van der Waals surface area (Å²) < 4.78 is 13.2. The fourth-order valence-corrected chi connectivity index (χ4v) is 2.16. The largest absolute Gasteiger partial charge is 0.382 e. The standard InChI is InChI=1S/C13H12FN5/c14-10-2-1-8-6-19(7-9(8)5-10)13-17-4-3-11(18-13)12(15)16/h1-5H,6-7H2,(H3,15,16). The highest BCUT2D eigenvalue weighted by atomic mass is 19.1. The number of halogens is 1. The van der Waals surface area contributed by atoms with Crippen LogP contribution in [0, 0.1) is 11.2 Å². The highest BCUT2D eigenvalue weighted by Crippen LogP contribution is 2.26. The molecule has 5 nitrogen and oxygen atoms in total. The molecule has 0 spiro atoms. The molecule has 19 heavy (non-hydrogen) atoms. The van der Waals surface area contributed by atoms with Gasteiger partial charge in [0.2, 0.25) is 5.95 Å². The molecule has 96 valence electrons. The lowest BCUT2D eigenvalue weighted by atomic mass is 10.1. The zero-order valence-electron chi connectivity index (χ0n) is 10.1. The molecule has 2 aromatic rings. The normalized spacial score (nSPS) is 13.4. The van der Waals surface area contributed by atoms with E-state index >= 15 is 0 Å². The quantitative estimate of drug-likeness (QED) is 0.630. The van der Waals surface area contributed by atoms with Crippen LogP contribution in [0.3, 0.4) is 0 Å². The molecule has 0 unspecified atom stereocenters. The van der Waals surface area contributed by atoms with Crippen molar-refractivity contribution in [2.45, 2.75) is 13.1 Å². The van der Waals surface area contributed by atoms with Crippen LogP contribution in [0.5, 0.6) is 0 Å². The van der Waals surface area contributed by atoms with Crippen molar-refractivity contribution in [2.24, 2.45) is 5.73 Å². The number of hydrogen-bond donors (Lipinski definition) is 2. The molecule has 0 saturated heterocycles. The van der Waals surface area contributed by atoms with Crippen molar-refractivity contribution in [3.63, 3.8) is 0 Å². The van der Waals surface area contributed by atoms with Gasteiger partial charge >= 0.3 is 0 Å². The van der Waals surface area contributed by atoms with Gasteiger partial charge in [-0.1, -0.05) is 6.07 Å². The summed E-state index contributed by atoms with van der Waals surface area (Å²) in [6.45, 7) is 1.20. The summed E-state index contributed by atoms with van der Waals surface area (Å²) in [5, 5.41) is 7.38. The van der Waals surface area contributed by atoms with Crippen molar-refractivity contribution in [3.8, 4) is 0 Å². The van der Waals surface area contributed by atoms with E-state index in [9.17, 15) is 4.39 Å². The summed E-state index contributed by atoms with van der Waals surface area (Å²) in [6, 6.07) is 6.35. The Bertz CT molecular complexity index is 655. The summed E-state index contributed by atoms with van der Waals surface area (Å²) in [5.74, 6) is 0.176. The number of anilines is 1. The Balaban J connectivity index is 1.90. The molecule has 1 aromatic heterocycles. The minimum atomic E-state index is -0.237. The second-order valence-corrected chi connectivity index (χ2v) is 4.42. The summed E-state index contributed by atoms with van der Waals surface area (Å²) in [5.41, 5.74) is 7.82. The van der Waals surface area contributed by atoms with E-state index in [0.717, 1.165) is 11.1 Å². The van der Waals surface area contributed by atoms with Gasteiger partial charge in [0, 0.05) is 19.3 Å². The van der Waals surface area contributed by atoms with Crippen LogP contribution < -0.4 is 10.6 Å². The molecule has 0 radical (unpaired) electrons. The summed E-state index contributed by atoms with van der Waals surface area (Å²) in [4.78, 5) is 10.3. The third kappa shape index (κ3) is 2.12. The number of fused-ring (bicyclic) bond motifs is 1. The van der Waals surface area contributed by atoms with E-state index in [1.165, 1.54) is 12.1 Å². The van der Waals surface area contributed by atoms with E-state index in [0.29, 0.717) is 24.7 Å². The molecule has 0 aliphatic carbocycles. The van der Waals surface area contributed by atoms with Gasteiger partial charge in [0.15, 0.2) is 0 Å². The molecule has 0 saturated carbocycles. The molecular formula is C13H12FN5. The van der Waals surface area contributed by atoms with Crippen molar-refractivity contribution in [1.29, 1.82) is 5.41 Å². The number of amidine groups is 1. The van der Waals surface area contributed by atoms with Crippen LogP contribution in [-0.2, 0) is 13.1 Å². The lowest BCUT2D eigenvalue weighted by Gasteiger charge is -2.15. The van der Waals surface area contributed by atoms with Crippen LogP contribution in [0.1, 0.15) is 16.8 Å². The Morgan fingerprint density at radius 1 is 1.26 bits per heavy atom. The smallest absolute Gasteiger partial charge is 0.226 e. The molecule has 0 amide bonds. The zero-order chi connectivity index (χ0) is 13.4. The van der Waals surface area contributed by atoms with Gasteiger partial charge in [0.05, 0.1) is 0 Å². The second kappa shape index (κ2) is 4.31. The first-order valence-electron chi connectivity index (χ1n) is 5.83. The van der Waals surface area contributed by atoms with Gasteiger partial charge in [-0.2, -0.15) is 0 Å². The number of nitrogens with zero attached hydrogens (tertiary/aromatic N) is 3. The molecule has 1 aromatic carbocycles. The van der Waals surface area contributed by atoms with Crippen molar-refractivity contribution >= 4 is 11.8 Å². The van der Waals surface area contributed by atoms with E-state index in [-0.39, 0.29) is 11.7 Å². The topological polar surface area (TPSA) is 78.9 Å². The molecule has 3 N–H and O–H groups in total. The van der Waals surface area contributed by atoms with Crippen LogP contribution in [-0.4, -0.2) is 15.8 Å². The van der Waals surface area contributed by atoms with Gasteiger partial charge in [-0.25, -0.2) is 14.4 Å². The second-order valence-electron chi connectivity index (χ2n) is 4.42. The van der Waals surface area contributed by atoms with E-state index < -0.39 is 0 Å². The number of nitrogens with two attached hydrogens (primary N) is 1.